The summed E-state index contributed by atoms with van der Waals surface area (Å²) in [4.78, 5) is 4.51. The lowest BCUT2D eigenvalue weighted by Gasteiger charge is -2.38. The first kappa shape index (κ1) is 12.3. The zero-order valence-corrected chi connectivity index (χ0v) is 11.4. The molecular weight excluding hydrogens is 238 g/mol. The van der Waals surface area contributed by atoms with Crippen LogP contribution in [0.2, 0.25) is 0 Å². The molecule has 1 N–H and O–H groups in total. The second-order valence-electron chi connectivity index (χ2n) is 5.27. The first-order chi connectivity index (χ1) is 9.24. The van der Waals surface area contributed by atoms with Crippen molar-refractivity contribution < 1.29 is 0 Å². The summed E-state index contributed by atoms with van der Waals surface area (Å²) in [5.41, 5.74) is 5.02. The van der Waals surface area contributed by atoms with Crippen LogP contribution in [0.5, 0.6) is 0 Å². The minimum Gasteiger partial charge on any atom is -0.285 e. The van der Waals surface area contributed by atoms with Crippen LogP contribution in [0.15, 0.2) is 24.3 Å². The predicted molar refractivity (Wildman–Crippen MR) is 75.6 cm³/mol. The van der Waals surface area contributed by atoms with Gasteiger partial charge in [-0.05, 0) is 38.8 Å². The number of fused-ring (bicyclic) bond motifs is 1. The van der Waals surface area contributed by atoms with Crippen molar-refractivity contribution in [3.63, 3.8) is 0 Å². The van der Waals surface area contributed by atoms with Crippen LogP contribution in [0.4, 0.5) is 5.95 Å². The van der Waals surface area contributed by atoms with Gasteiger partial charge in [0.2, 0.25) is 0 Å². The van der Waals surface area contributed by atoms with Crippen molar-refractivity contribution in [3.8, 4) is 0 Å². The number of nitrogens with one attached hydrogen (secondary N) is 1. The highest BCUT2D eigenvalue weighted by Crippen LogP contribution is 2.22. The lowest BCUT2D eigenvalue weighted by Crippen LogP contribution is -2.47. The van der Waals surface area contributed by atoms with Gasteiger partial charge in [0.25, 0.3) is 5.95 Å². The maximum Gasteiger partial charge on any atom is 0.257 e. The Balaban J connectivity index is 1.84. The summed E-state index contributed by atoms with van der Waals surface area (Å²) >= 11 is 0. The Kier molecular flexibility index (Phi) is 3.29. The van der Waals surface area contributed by atoms with Gasteiger partial charge in [0, 0.05) is 12.1 Å². The van der Waals surface area contributed by atoms with Gasteiger partial charge in [-0.1, -0.05) is 18.6 Å². The third kappa shape index (κ3) is 2.51. The Hall–Kier alpha value is -1.75. The lowest BCUT2D eigenvalue weighted by atomic mass is 10.00. The highest BCUT2D eigenvalue weighted by atomic mass is 15.6. The van der Waals surface area contributed by atoms with Gasteiger partial charge in [-0.2, -0.15) is 0 Å². The number of para-hydroxylation sites is 1. The molecular formula is C14H19N5. The molecule has 1 aliphatic rings. The van der Waals surface area contributed by atoms with E-state index in [1.165, 1.54) is 19.3 Å². The van der Waals surface area contributed by atoms with Crippen molar-refractivity contribution in [2.45, 2.75) is 45.2 Å². The molecule has 100 valence electrons. The van der Waals surface area contributed by atoms with Gasteiger partial charge in [0.1, 0.15) is 5.52 Å². The normalized spacial score (nSPS) is 24.5. The fraction of sp³-hybridized carbons (Fsp3) is 0.500. The third-order valence-electron chi connectivity index (χ3n) is 3.78. The van der Waals surface area contributed by atoms with E-state index in [1.807, 2.05) is 24.3 Å². The highest BCUT2D eigenvalue weighted by Gasteiger charge is 2.25. The molecule has 2 unspecified atom stereocenters. The van der Waals surface area contributed by atoms with E-state index in [9.17, 15) is 0 Å². The molecule has 5 nitrogen and oxygen atoms in total. The molecule has 1 fully saturated rings. The minimum atomic E-state index is 0.499. The van der Waals surface area contributed by atoms with Gasteiger partial charge < -0.3 is 0 Å². The molecule has 0 aliphatic carbocycles. The second kappa shape index (κ2) is 5.09. The van der Waals surface area contributed by atoms with Crippen LogP contribution >= 0.6 is 0 Å². The number of nitrogens with zero attached hydrogens (tertiary/aromatic N) is 4. The number of piperidine rings is 1. The van der Waals surface area contributed by atoms with Gasteiger partial charge >= 0.3 is 0 Å². The van der Waals surface area contributed by atoms with Crippen LogP contribution < -0.4 is 5.43 Å². The Morgan fingerprint density at radius 3 is 2.47 bits per heavy atom. The molecule has 5 heteroatoms. The number of benzene rings is 1. The van der Waals surface area contributed by atoms with Crippen LogP contribution in [0, 0.1) is 0 Å². The van der Waals surface area contributed by atoms with Crippen molar-refractivity contribution in [1.82, 2.24) is 20.2 Å². The topological polar surface area (TPSA) is 53.9 Å². The SMILES string of the molecule is CC1CCCC(C)N1Nc1nnc2ccccc2n1. The van der Waals surface area contributed by atoms with Gasteiger partial charge in [-0.15, -0.1) is 10.2 Å². The van der Waals surface area contributed by atoms with Gasteiger partial charge in [0.05, 0.1) is 5.52 Å². The molecule has 1 aliphatic heterocycles. The monoisotopic (exact) mass is 257 g/mol. The second-order valence-corrected chi connectivity index (χ2v) is 5.27. The van der Waals surface area contributed by atoms with Crippen LogP contribution in [0.25, 0.3) is 11.0 Å². The first-order valence-electron chi connectivity index (χ1n) is 6.88. The van der Waals surface area contributed by atoms with Gasteiger partial charge in [-0.25, -0.2) is 9.99 Å². The summed E-state index contributed by atoms with van der Waals surface area (Å²) in [6.07, 6.45) is 3.70. The van der Waals surface area contributed by atoms with E-state index in [0.717, 1.165) is 11.0 Å². The highest BCUT2D eigenvalue weighted by molar-refractivity contribution is 5.73. The molecule has 1 aromatic carbocycles. The molecule has 1 saturated heterocycles. The van der Waals surface area contributed by atoms with E-state index in [1.54, 1.807) is 0 Å². The van der Waals surface area contributed by atoms with E-state index in [-0.39, 0.29) is 0 Å². The summed E-state index contributed by atoms with van der Waals surface area (Å²) in [7, 11) is 0. The van der Waals surface area contributed by atoms with E-state index < -0.39 is 0 Å². The molecule has 0 radical (unpaired) electrons. The molecule has 3 rings (SSSR count). The number of aromatic nitrogens is 3. The maximum absolute atomic E-state index is 4.51. The number of hydrazine groups is 1. The molecule has 1 aromatic heterocycles. The summed E-state index contributed by atoms with van der Waals surface area (Å²) in [6.45, 7) is 4.47. The van der Waals surface area contributed by atoms with E-state index >= 15 is 0 Å². The molecule has 0 amide bonds. The first-order valence-corrected chi connectivity index (χ1v) is 6.88. The van der Waals surface area contributed by atoms with E-state index in [4.69, 9.17) is 0 Å². The summed E-state index contributed by atoms with van der Waals surface area (Å²) in [5.74, 6) is 0.583. The fourth-order valence-corrected chi connectivity index (χ4v) is 2.69. The standard InChI is InChI=1S/C14H19N5/c1-10-6-5-7-11(2)19(10)18-14-15-12-8-3-4-9-13(12)16-17-14/h3-4,8-11H,5-7H2,1-2H3,(H,15,17,18). The molecule has 2 heterocycles. The molecule has 2 atom stereocenters. The van der Waals surface area contributed by atoms with Crippen LogP contribution in [0.1, 0.15) is 33.1 Å². The molecule has 2 aromatic rings. The summed E-state index contributed by atoms with van der Waals surface area (Å²) in [5, 5.41) is 10.6. The summed E-state index contributed by atoms with van der Waals surface area (Å²) in [6, 6.07) is 8.79. The quantitative estimate of drug-likeness (QED) is 0.896. The molecule has 0 bridgehead atoms. The molecule has 0 saturated carbocycles. The number of rotatable bonds is 2. The van der Waals surface area contributed by atoms with Crippen LogP contribution in [-0.4, -0.2) is 32.3 Å². The van der Waals surface area contributed by atoms with Gasteiger partial charge in [0.15, 0.2) is 0 Å². The largest absolute Gasteiger partial charge is 0.285 e. The fourth-order valence-electron chi connectivity index (χ4n) is 2.69. The van der Waals surface area contributed by atoms with Crippen LogP contribution in [0.3, 0.4) is 0 Å². The number of anilines is 1. The van der Waals surface area contributed by atoms with Crippen LogP contribution in [-0.2, 0) is 0 Å². The Morgan fingerprint density at radius 1 is 1.05 bits per heavy atom. The Bertz CT molecular complexity index is 561. The predicted octanol–water partition coefficient (Wildman–Crippen LogP) is 2.61. The average Bonchev–Trinajstić information content (AvgIpc) is 2.43. The van der Waals surface area contributed by atoms with E-state index in [0.29, 0.717) is 18.0 Å². The lowest BCUT2D eigenvalue weighted by molar-refractivity contribution is 0.134. The zero-order chi connectivity index (χ0) is 13.2. The molecule has 0 spiro atoms. The maximum atomic E-state index is 4.51. The number of hydrogen-bond acceptors (Lipinski definition) is 5. The van der Waals surface area contributed by atoms with Crippen molar-refractivity contribution in [1.29, 1.82) is 0 Å². The van der Waals surface area contributed by atoms with Crippen molar-refractivity contribution >= 4 is 17.0 Å². The van der Waals surface area contributed by atoms with Crippen molar-refractivity contribution in [2.75, 3.05) is 5.43 Å². The third-order valence-corrected chi connectivity index (χ3v) is 3.78. The smallest absolute Gasteiger partial charge is 0.257 e. The Morgan fingerprint density at radius 2 is 1.74 bits per heavy atom. The van der Waals surface area contributed by atoms with E-state index in [2.05, 4.69) is 39.5 Å². The van der Waals surface area contributed by atoms with Gasteiger partial charge in [-0.3, -0.25) is 5.43 Å². The average molecular weight is 257 g/mol. The minimum absolute atomic E-state index is 0.499. The van der Waals surface area contributed by atoms with Crippen molar-refractivity contribution in [3.05, 3.63) is 24.3 Å². The zero-order valence-electron chi connectivity index (χ0n) is 11.4. The van der Waals surface area contributed by atoms with Crippen molar-refractivity contribution in [2.24, 2.45) is 0 Å². The number of hydrogen-bond donors (Lipinski definition) is 1. The summed E-state index contributed by atoms with van der Waals surface area (Å²) < 4.78 is 0. The Labute approximate surface area is 113 Å². The molecule has 19 heavy (non-hydrogen) atoms.